The van der Waals surface area contributed by atoms with Gasteiger partial charge in [0.15, 0.2) is 0 Å². The van der Waals surface area contributed by atoms with Crippen molar-refractivity contribution < 1.29 is 18.9 Å². The van der Waals surface area contributed by atoms with Gasteiger partial charge in [-0.15, -0.1) is 11.6 Å². The minimum Gasteiger partial charge on any atom is -0.491 e. The summed E-state index contributed by atoms with van der Waals surface area (Å²) in [4.78, 5) is 0. The lowest BCUT2D eigenvalue weighted by molar-refractivity contribution is 0.0179. The van der Waals surface area contributed by atoms with Crippen LogP contribution in [-0.4, -0.2) is 46.8 Å². The molecule has 0 unspecified atom stereocenters. The van der Waals surface area contributed by atoms with Crippen molar-refractivity contribution in [2.45, 2.75) is 5.88 Å². The fourth-order valence-corrected chi connectivity index (χ4v) is 1.57. The van der Waals surface area contributed by atoms with Crippen molar-refractivity contribution >= 4 is 11.6 Å². The van der Waals surface area contributed by atoms with Gasteiger partial charge in [0, 0.05) is 13.0 Å². The Labute approximate surface area is 119 Å². The molecule has 0 radical (unpaired) electrons. The second-order valence-corrected chi connectivity index (χ2v) is 4.11. The summed E-state index contributed by atoms with van der Waals surface area (Å²) in [6.45, 7) is 3.41. The molecule has 0 N–H and O–H groups in total. The zero-order valence-corrected chi connectivity index (χ0v) is 12.0. The number of ether oxygens (including phenoxy) is 4. The summed E-state index contributed by atoms with van der Waals surface area (Å²) in [5.74, 6) is 1.31. The zero-order chi connectivity index (χ0) is 13.8. The molecule has 0 heterocycles. The lowest BCUT2D eigenvalue weighted by atomic mass is 10.2. The predicted molar refractivity (Wildman–Crippen MR) is 75.0 cm³/mol. The highest BCUT2D eigenvalue weighted by molar-refractivity contribution is 6.17. The van der Waals surface area contributed by atoms with E-state index >= 15 is 0 Å². The van der Waals surface area contributed by atoms with Gasteiger partial charge in [0.25, 0.3) is 0 Å². The average Bonchev–Trinajstić information content (AvgIpc) is 2.46. The molecule has 0 saturated carbocycles. The van der Waals surface area contributed by atoms with Gasteiger partial charge in [0.05, 0.1) is 33.0 Å². The van der Waals surface area contributed by atoms with Crippen LogP contribution in [0.4, 0.5) is 0 Å². The van der Waals surface area contributed by atoms with Crippen LogP contribution in [0.5, 0.6) is 5.75 Å². The lowest BCUT2D eigenvalue weighted by Gasteiger charge is -2.08. The van der Waals surface area contributed by atoms with Crippen LogP contribution in [0.1, 0.15) is 5.56 Å². The van der Waals surface area contributed by atoms with Gasteiger partial charge in [-0.2, -0.15) is 0 Å². The molecule has 19 heavy (non-hydrogen) atoms. The van der Waals surface area contributed by atoms with Crippen molar-refractivity contribution in [3.63, 3.8) is 0 Å². The molecule has 4 nitrogen and oxygen atoms in total. The van der Waals surface area contributed by atoms with Crippen LogP contribution in [0, 0.1) is 0 Å². The Bertz CT molecular complexity index is 333. The first-order chi connectivity index (χ1) is 9.36. The maximum Gasteiger partial charge on any atom is 0.119 e. The average molecular weight is 289 g/mol. The van der Waals surface area contributed by atoms with E-state index in [2.05, 4.69) is 0 Å². The van der Waals surface area contributed by atoms with Gasteiger partial charge >= 0.3 is 0 Å². The summed E-state index contributed by atoms with van der Waals surface area (Å²) >= 11 is 5.75. The SMILES string of the molecule is COCCOCCOCCOc1cccc(CCl)c1. The topological polar surface area (TPSA) is 36.9 Å². The van der Waals surface area contributed by atoms with E-state index in [1.165, 1.54) is 0 Å². The normalized spacial score (nSPS) is 10.6. The summed E-state index contributed by atoms with van der Waals surface area (Å²) in [6.07, 6.45) is 0. The van der Waals surface area contributed by atoms with Crippen LogP contribution in [-0.2, 0) is 20.1 Å². The molecular weight excluding hydrogens is 268 g/mol. The minimum atomic E-state index is 0.493. The largest absolute Gasteiger partial charge is 0.491 e. The van der Waals surface area contributed by atoms with E-state index in [1.54, 1.807) is 7.11 Å². The Morgan fingerprint density at radius 2 is 1.63 bits per heavy atom. The van der Waals surface area contributed by atoms with E-state index in [0.717, 1.165) is 11.3 Å². The smallest absolute Gasteiger partial charge is 0.119 e. The number of hydrogen-bond acceptors (Lipinski definition) is 4. The van der Waals surface area contributed by atoms with Crippen molar-refractivity contribution in [1.29, 1.82) is 0 Å². The summed E-state index contributed by atoms with van der Waals surface area (Å²) in [6, 6.07) is 7.73. The van der Waals surface area contributed by atoms with Gasteiger partial charge in [-0.05, 0) is 17.7 Å². The van der Waals surface area contributed by atoms with Gasteiger partial charge in [-0.3, -0.25) is 0 Å². The van der Waals surface area contributed by atoms with Crippen LogP contribution in [0.2, 0.25) is 0 Å². The van der Waals surface area contributed by atoms with Crippen LogP contribution >= 0.6 is 11.6 Å². The summed E-state index contributed by atoms with van der Waals surface area (Å²) in [5.41, 5.74) is 1.05. The van der Waals surface area contributed by atoms with Gasteiger partial charge in [-0.1, -0.05) is 12.1 Å². The van der Waals surface area contributed by atoms with Gasteiger partial charge in [-0.25, -0.2) is 0 Å². The van der Waals surface area contributed by atoms with E-state index in [-0.39, 0.29) is 0 Å². The third-order valence-electron chi connectivity index (χ3n) is 2.35. The standard InChI is InChI=1S/C14H21ClO4/c1-16-5-6-17-7-8-18-9-10-19-14-4-2-3-13(11-14)12-15/h2-4,11H,5-10,12H2,1H3. The first-order valence-corrected chi connectivity index (χ1v) is 6.82. The molecule has 0 aliphatic carbocycles. The molecule has 1 aromatic rings. The monoisotopic (exact) mass is 288 g/mol. The number of rotatable bonds is 11. The first kappa shape index (κ1) is 16.2. The maximum absolute atomic E-state index is 5.75. The van der Waals surface area contributed by atoms with E-state index in [4.69, 9.17) is 30.5 Å². The number of benzene rings is 1. The summed E-state index contributed by atoms with van der Waals surface area (Å²) in [5, 5.41) is 0. The Balaban J connectivity index is 1.98. The van der Waals surface area contributed by atoms with Gasteiger partial charge in [0.1, 0.15) is 12.4 Å². The Morgan fingerprint density at radius 3 is 2.32 bits per heavy atom. The van der Waals surface area contributed by atoms with Crippen molar-refractivity contribution in [2.75, 3.05) is 46.8 Å². The molecule has 5 heteroatoms. The van der Waals surface area contributed by atoms with Gasteiger partial charge < -0.3 is 18.9 Å². The molecular formula is C14H21ClO4. The molecule has 0 bridgehead atoms. The molecule has 0 aliphatic rings. The molecule has 0 aromatic heterocycles. The molecule has 0 aliphatic heterocycles. The highest BCUT2D eigenvalue weighted by atomic mass is 35.5. The van der Waals surface area contributed by atoms with Crippen LogP contribution in [0.15, 0.2) is 24.3 Å². The van der Waals surface area contributed by atoms with E-state index in [1.807, 2.05) is 24.3 Å². The summed E-state index contributed by atoms with van der Waals surface area (Å²) < 4.78 is 21.0. The van der Waals surface area contributed by atoms with E-state index in [0.29, 0.717) is 45.5 Å². The quantitative estimate of drug-likeness (QED) is 0.463. The first-order valence-electron chi connectivity index (χ1n) is 6.29. The second kappa shape index (κ2) is 11.1. The van der Waals surface area contributed by atoms with Crippen molar-refractivity contribution in [3.05, 3.63) is 29.8 Å². The molecule has 0 atom stereocenters. The van der Waals surface area contributed by atoms with Crippen LogP contribution < -0.4 is 4.74 Å². The number of alkyl halides is 1. The fourth-order valence-electron chi connectivity index (χ4n) is 1.40. The third kappa shape index (κ3) is 8.06. The highest BCUT2D eigenvalue weighted by Gasteiger charge is 1.96. The van der Waals surface area contributed by atoms with Crippen molar-refractivity contribution in [2.24, 2.45) is 0 Å². The van der Waals surface area contributed by atoms with E-state index in [9.17, 15) is 0 Å². The second-order valence-electron chi connectivity index (χ2n) is 3.85. The molecule has 0 fully saturated rings. The van der Waals surface area contributed by atoms with E-state index < -0.39 is 0 Å². The Morgan fingerprint density at radius 1 is 0.947 bits per heavy atom. The Hall–Kier alpha value is -0.810. The molecule has 1 aromatic carbocycles. The van der Waals surface area contributed by atoms with Crippen LogP contribution in [0.25, 0.3) is 0 Å². The molecule has 108 valence electrons. The predicted octanol–water partition coefficient (Wildman–Crippen LogP) is 2.48. The van der Waals surface area contributed by atoms with Crippen molar-refractivity contribution in [3.8, 4) is 5.75 Å². The third-order valence-corrected chi connectivity index (χ3v) is 2.66. The number of halogens is 1. The number of hydrogen-bond donors (Lipinski definition) is 0. The Kier molecular flexibility index (Phi) is 9.45. The van der Waals surface area contributed by atoms with Crippen LogP contribution in [0.3, 0.4) is 0 Å². The number of methoxy groups -OCH3 is 1. The molecule has 0 saturated heterocycles. The maximum atomic E-state index is 5.75. The molecule has 1 rings (SSSR count). The van der Waals surface area contributed by atoms with Crippen molar-refractivity contribution in [1.82, 2.24) is 0 Å². The molecule has 0 spiro atoms. The summed E-state index contributed by atoms with van der Waals surface area (Å²) in [7, 11) is 1.65. The fraction of sp³-hybridized carbons (Fsp3) is 0.571. The van der Waals surface area contributed by atoms with Gasteiger partial charge in [0.2, 0.25) is 0 Å². The molecule has 0 amide bonds. The highest BCUT2D eigenvalue weighted by Crippen LogP contribution is 2.14. The zero-order valence-electron chi connectivity index (χ0n) is 11.3. The minimum absolute atomic E-state index is 0.493. The lowest BCUT2D eigenvalue weighted by Crippen LogP contribution is -2.12.